The van der Waals surface area contributed by atoms with Gasteiger partial charge in [-0.25, -0.2) is 14.6 Å². The fourth-order valence-electron chi connectivity index (χ4n) is 3.13. The first-order valence-electron chi connectivity index (χ1n) is 11.9. The molecule has 0 spiro atoms. The number of nitrogens with zero attached hydrogens (tertiary/aromatic N) is 1. The summed E-state index contributed by atoms with van der Waals surface area (Å²) in [7, 11) is -3.88. The summed E-state index contributed by atoms with van der Waals surface area (Å²) in [6.07, 6.45) is 0.796. The minimum atomic E-state index is -3.88. The van der Waals surface area contributed by atoms with Crippen molar-refractivity contribution in [3.63, 3.8) is 0 Å². The number of nitrogens with two attached hydrogens (primary N) is 1. The van der Waals surface area contributed by atoms with Crippen molar-refractivity contribution >= 4 is 41.1 Å². The first kappa shape index (κ1) is 29.4. The molecule has 1 atom stereocenters. The number of aliphatic hydroxyl groups excluding tert-OH is 1. The number of benzene rings is 1. The van der Waals surface area contributed by atoms with E-state index in [2.05, 4.69) is 23.9 Å². The Kier molecular flexibility index (Phi) is 10.4. The van der Waals surface area contributed by atoms with E-state index in [9.17, 15) is 14.5 Å². The average Bonchev–Trinajstić information content (AvgIpc) is 3.46. The number of carbonyl (C=O) groups excluding carboxylic acids is 1. The molecule has 0 radical (unpaired) electrons. The predicted molar refractivity (Wildman–Crippen MR) is 149 cm³/mol. The van der Waals surface area contributed by atoms with Gasteiger partial charge in [-0.1, -0.05) is 55.9 Å². The second-order valence-electron chi connectivity index (χ2n) is 9.46. The summed E-state index contributed by atoms with van der Waals surface area (Å²) in [6.45, 7) is 7.50. The molecule has 37 heavy (non-hydrogen) atoms. The van der Waals surface area contributed by atoms with Gasteiger partial charge >= 0.3 is 7.75 Å². The van der Waals surface area contributed by atoms with Crippen LogP contribution in [0, 0.1) is 11.3 Å². The Morgan fingerprint density at radius 1 is 1.27 bits per heavy atom. The number of hydrogen-bond acceptors (Lipinski definition) is 10. The van der Waals surface area contributed by atoms with Crippen LogP contribution in [0.2, 0.25) is 0 Å². The van der Waals surface area contributed by atoms with Gasteiger partial charge in [0.15, 0.2) is 16.0 Å². The number of furan rings is 1. The molecule has 1 unspecified atom stereocenters. The van der Waals surface area contributed by atoms with E-state index < -0.39 is 13.2 Å². The third-order valence-electron chi connectivity index (χ3n) is 5.18. The second kappa shape index (κ2) is 13.1. The SMILES string of the molecule is CC(C)Cc1sc(N)nc1-c1ccc(OP(=O)(NCc2ccccc2)OCCSC(=O)C(C)(C)CO)o1. The molecule has 0 aliphatic heterocycles. The lowest BCUT2D eigenvalue weighted by molar-refractivity contribution is -0.119. The van der Waals surface area contributed by atoms with Gasteiger partial charge in [0, 0.05) is 23.2 Å². The molecule has 0 bridgehead atoms. The molecule has 3 aromatic rings. The maximum Gasteiger partial charge on any atom is 0.461 e. The number of anilines is 1. The van der Waals surface area contributed by atoms with E-state index in [1.165, 1.54) is 11.3 Å². The number of aliphatic hydroxyl groups is 1. The Labute approximate surface area is 225 Å². The lowest BCUT2D eigenvalue weighted by atomic mass is 9.97. The van der Waals surface area contributed by atoms with Crippen LogP contribution in [0.25, 0.3) is 11.5 Å². The number of thioether (sulfide) groups is 1. The topological polar surface area (TPSA) is 137 Å². The van der Waals surface area contributed by atoms with E-state index in [0.717, 1.165) is 28.6 Å². The molecule has 0 amide bonds. The van der Waals surface area contributed by atoms with Crippen LogP contribution in [-0.4, -0.2) is 34.2 Å². The minimum Gasteiger partial charge on any atom is -0.424 e. The molecule has 9 nitrogen and oxygen atoms in total. The maximum atomic E-state index is 13.6. The van der Waals surface area contributed by atoms with Gasteiger partial charge in [0.1, 0.15) is 5.69 Å². The summed E-state index contributed by atoms with van der Waals surface area (Å²) >= 11 is 2.42. The van der Waals surface area contributed by atoms with Gasteiger partial charge in [0.2, 0.25) is 0 Å². The Morgan fingerprint density at radius 2 is 2.00 bits per heavy atom. The summed E-state index contributed by atoms with van der Waals surface area (Å²) < 4.78 is 30.8. The largest absolute Gasteiger partial charge is 0.461 e. The molecule has 1 aromatic carbocycles. The molecule has 202 valence electrons. The van der Waals surface area contributed by atoms with Crippen LogP contribution in [0.3, 0.4) is 0 Å². The Morgan fingerprint density at radius 3 is 2.68 bits per heavy atom. The zero-order valence-corrected chi connectivity index (χ0v) is 24.0. The van der Waals surface area contributed by atoms with Crippen molar-refractivity contribution in [1.29, 1.82) is 0 Å². The maximum absolute atomic E-state index is 13.6. The zero-order chi connectivity index (χ0) is 27.1. The number of carbonyl (C=O) groups is 1. The monoisotopic (exact) mass is 567 g/mol. The van der Waals surface area contributed by atoms with Crippen LogP contribution in [0.5, 0.6) is 5.95 Å². The smallest absolute Gasteiger partial charge is 0.424 e. The van der Waals surface area contributed by atoms with E-state index in [4.69, 9.17) is 19.2 Å². The fourth-order valence-corrected chi connectivity index (χ4v) is 6.36. The summed E-state index contributed by atoms with van der Waals surface area (Å²) in [5.74, 6) is 1.11. The normalized spacial score (nSPS) is 13.6. The highest BCUT2D eigenvalue weighted by Crippen LogP contribution is 2.46. The third-order valence-corrected chi connectivity index (χ3v) is 8.76. The van der Waals surface area contributed by atoms with Crippen molar-refractivity contribution < 1.29 is 27.9 Å². The van der Waals surface area contributed by atoms with Gasteiger partial charge in [0.05, 0.1) is 18.6 Å². The van der Waals surface area contributed by atoms with E-state index in [1.54, 1.807) is 26.0 Å². The Hall–Kier alpha value is -2.14. The molecular weight excluding hydrogens is 533 g/mol. The summed E-state index contributed by atoms with van der Waals surface area (Å²) in [5.41, 5.74) is 6.60. The highest BCUT2D eigenvalue weighted by Gasteiger charge is 2.30. The van der Waals surface area contributed by atoms with E-state index in [0.29, 0.717) is 22.5 Å². The van der Waals surface area contributed by atoms with Crippen LogP contribution in [-0.2, 0) is 26.8 Å². The standard InChI is InChI=1S/C25H34N3O6PS2/c1-17(2)14-20-22(28-24(26)37-20)19-10-11-21(33-19)34-35(31,27-15-18-8-6-5-7-9-18)32-12-13-36-23(30)25(3,4)16-29/h5-11,17,29H,12-16H2,1-4H3,(H2,26,28)(H,27,31). The van der Waals surface area contributed by atoms with Crippen LogP contribution in [0.1, 0.15) is 38.1 Å². The number of rotatable bonds is 14. The number of hydrogen-bond donors (Lipinski definition) is 3. The van der Waals surface area contributed by atoms with Crippen LogP contribution in [0.4, 0.5) is 5.13 Å². The number of thiazole rings is 1. The zero-order valence-electron chi connectivity index (χ0n) is 21.4. The van der Waals surface area contributed by atoms with Gasteiger partial charge < -0.3 is 19.8 Å². The third kappa shape index (κ3) is 8.70. The molecule has 0 saturated carbocycles. The molecule has 12 heteroatoms. The van der Waals surface area contributed by atoms with Crippen LogP contribution >= 0.6 is 30.8 Å². The molecule has 0 aliphatic carbocycles. The van der Waals surface area contributed by atoms with E-state index in [-0.39, 0.29) is 36.6 Å². The molecule has 2 aromatic heterocycles. The Bertz CT molecular complexity index is 1210. The number of nitrogens with one attached hydrogen (secondary N) is 1. The predicted octanol–water partition coefficient (Wildman–Crippen LogP) is 5.76. The van der Waals surface area contributed by atoms with Gasteiger partial charge in [-0.3, -0.25) is 9.32 Å². The lowest BCUT2D eigenvalue weighted by Crippen LogP contribution is -2.26. The lowest BCUT2D eigenvalue weighted by Gasteiger charge is -2.20. The van der Waals surface area contributed by atoms with Gasteiger partial charge in [0.25, 0.3) is 5.95 Å². The van der Waals surface area contributed by atoms with E-state index >= 15 is 0 Å². The van der Waals surface area contributed by atoms with Crippen LogP contribution < -0.4 is 15.3 Å². The van der Waals surface area contributed by atoms with E-state index in [1.807, 2.05) is 30.3 Å². The number of nitrogen functional groups attached to an aromatic ring is 1. The molecular formula is C25H34N3O6PS2. The van der Waals surface area contributed by atoms with Crippen molar-refractivity contribution in [3.8, 4) is 17.4 Å². The van der Waals surface area contributed by atoms with Gasteiger partial charge in [-0.2, -0.15) is 0 Å². The first-order chi connectivity index (χ1) is 17.5. The summed E-state index contributed by atoms with van der Waals surface area (Å²) in [4.78, 5) is 17.7. The van der Waals surface area contributed by atoms with Crippen molar-refractivity contribution in [3.05, 3.63) is 52.9 Å². The highest BCUT2D eigenvalue weighted by molar-refractivity contribution is 8.13. The fraction of sp³-hybridized carbons (Fsp3) is 0.440. The molecule has 2 heterocycles. The molecule has 3 rings (SSSR count). The number of aromatic nitrogens is 1. The van der Waals surface area contributed by atoms with Gasteiger partial charge in [-0.15, -0.1) is 11.3 Å². The summed E-state index contributed by atoms with van der Waals surface area (Å²) in [5, 5.41) is 12.5. The van der Waals surface area contributed by atoms with Crippen LogP contribution in [0.15, 0.2) is 46.9 Å². The average molecular weight is 568 g/mol. The van der Waals surface area contributed by atoms with Gasteiger partial charge in [-0.05, 0) is 37.8 Å². The minimum absolute atomic E-state index is 0.00565. The van der Waals surface area contributed by atoms with Crippen molar-refractivity contribution in [2.75, 3.05) is 24.7 Å². The second-order valence-corrected chi connectivity index (χ2v) is 13.4. The highest BCUT2D eigenvalue weighted by atomic mass is 32.2. The molecule has 0 saturated heterocycles. The van der Waals surface area contributed by atoms with Crippen molar-refractivity contribution in [2.45, 2.75) is 40.7 Å². The summed E-state index contributed by atoms with van der Waals surface area (Å²) in [6, 6.07) is 12.7. The van der Waals surface area contributed by atoms with Crippen molar-refractivity contribution in [1.82, 2.24) is 10.1 Å². The first-order valence-corrected chi connectivity index (χ1v) is 15.2. The molecule has 4 N–H and O–H groups in total. The molecule has 0 aliphatic rings. The van der Waals surface area contributed by atoms with Crippen molar-refractivity contribution in [2.24, 2.45) is 11.3 Å². The quantitative estimate of drug-likeness (QED) is 0.163. The molecule has 0 fully saturated rings. The Balaban J connectivity index is 1.72.